The van der Waals surface area contributed by atoms with Crippen molar-refractivity contribution in [2.75, 3.05) is 0 Å². The van der Waals surface area contributed by atoms with Gasteiger partial charge in [-0.15, -0.1) is 0 Å². The number of Topliss-reactive ketones (excluding diaryl/α,β-unsaturated/α-hetero) is 1. The summed E-state index contributed by atoms with van der Waals surface area (Å²) in [5, 5.41) is 11.0. The fraction of sp³-hybridized carbons (Fsp3) is 0.333. The van der Waals surface area contributed by atoms with E-state index in [9.17, 15) is 23.2 Å². The van der Waals surface area contributed by atoms with Gasteiger partial charge in [0.2, 0.25) is 0 Å². The number of fused-ring (bicyclic) bond motifs is 1. The number of carbonyl (C=O) groups is 1. The van der Waals surface area contributed by atoms with Gasteiger partial charge in [-0.1, -0.05) is 55.8 Å². The van der Waals surface area contributed by atoms with E-state index in [2.05, 4.69) is 0 Å². The summed E-state index contributed by atoms with van der Waals surface area (Å²) in [6.07, 6.45) is 1.57. The minimum Gasteiger partial charge on any atom is -0.294 e. The van der Waals surface area contributed by atoms with Crippen LogP contribution in [0.15, 0.2) is 52.9 Å². The first-order chi connectivity index (χ1) is 12.9. The Labute approximate surface area is 161 Å². The first kappa shape index (κ1) is 21.0. The summed E-state index contributed by atoms with van der Waals surface area (Å²) in [5.74, 6) is -0.222. The molecule has 0 N–H and O–H groups in total. The number of thioether (sulfide) groups is 1. The van der Waals surface area contributed by atoms with E-state index in [-0.39, 0.29) is 40.9 Å². The first-order valence-electron chi connectivity index (χ1n) is 8.74. The zero-order valence-corrected chi connectivity index (χ0v) is 15.8. The minimum absolute atomic E-state index is 0.0490. The second-order valence-corrected chi connectivity index (χ2v) is 7.27. The molecule has 0 aliphatic heterocycles. The number of nitriles is 1. The molecule has 2 nitrogen and oxygen atoms in total. The van der Waals surface area contributed by atoms with Crippen molar-refractivity contribution in [3.8, 4) is 6.07 Å². The van der Waals surface area contributed by atoms with Crippen LogP contribution < -0.4 is 0 Å². The molecular formula is C21H20F3NOS. The highest BCUT2D eigenvalue weighted by Crippen LogP contribution is 2.41. The Bertz CT molecular complexity index is 876. The van der Waals surface area contributed by atoms with Gasteiger partial charge in [0.05, 0.1) is 6.07 Å². The number of unbranched alkanes of at least 4 members (excludes halogenated alkanes) is 1. The molecule has 2 aromatic rings. The van der Waals surface area contributed by atoms with E-state index in [0.29, 0.717) is 18.4 Å². The predicted molar refractivity (Wildman–Crippen MR) is 103 cm³/mol. The molecule has 2 rings (SSSR count). The van der Waals surface area contributed by atoms with Gasteiger partial charge in [-0.25, -0.2) is 0 Å². The Morgan fingerprint density at radius 3 is 2.44 bits per heavy atom. The highest BCUT2D eigenvalue weighted by Gasteiger charge is 2.32. The summed E-state index contributed by atoms with van der Waals surface area (Å²) < 4.78 is 38.7. The van der Waals surface area contributed by atoms with Crippen LogP contribution >= 0.6 is 11.8 Å². The number of rotatable bonds is 8. The third-order valence-corrected chi connectivity index (χ3v) is 5.09. The fourth-order valence-electron chi connectivity index (χ4n) is 2.84. The monoisotopic (exact) mass is 391 g/mol. The Morgan fingerprint density at radius 1 is 1.07 bits per heavy atom. The predicted octanol–water partition coefficient (Wildman–Crippen LogP) is 7.02. The lowest BCUT2D eigenvalue weighted by molar-refractivity contribution is -0.0322. The molecule has 6 heteroatoms. The van der Waals surface area contributed by atoms with Crippen LogP contribution in [-0.2, 0) is 0 Å². The SMILES string of the molecule is CCCC/C(C#N)=C(/CCC(=O)c1cccc2ccccc12)SC(F)(F)F. The van der Waals surface area contributed by atoms with E-state index >= 15 is 0 Å². The minimum atomic E-state index is -4.48. The zero-order chi connectivity index (χ0) is 19.9. The number of ketones is 1. The first-order valence-corrected chi connectivity index (χ1v) is 9.56. The van der Waals surface area contributed by atoms with Crippen molar-refractivity contribution in [2.45, 2.75) is 44.5 Å². The van der Waals surface area contributed by atoms with Crippen LogP contribution in [0.25, 0.3) is 10.8 Å². The molecule has 2 aromatic carbocycles. The van der Waals surface area contributed by atoms with Gasteiger partial charge in [0.25, 0.3) is 0 Å². The lowest BCUT2D eigenvalue weighted by Crippen LogP contribution is -2.05. The molecule has 0 amide bonds. The summed E-state index contributed by atoms with van der Waals surface area (Å²) in [6.45, 7) is 1.91. The number of allylic oxidation sites excluding steroid dienone is 2. The molecule has 0 heterocycles. The van der Waals surface area contributed by atoms with Gasteiger partial charge in [0.1, 0.15) is 0 Å². The van der Waals surface area contributed by atoms with Gasteiger partial charge in [0.15, 0.2) is 5.78 Å². The Kier molecular flexibility index (Phi) is 7.49. The van der Waals surface area contributed by atoms with Crippen LogP contribution in [0.4, 0.5) is 13.2 Å². The number of alkyl halides is 3. The second-order valence-electron chi connectivity index (χ2n) is 6.11. The summed E-state index contributed by atoms with van der Waals surface area (Å²) in [4.78, 5) is 12.6. The van der Waals surface area contributed by atoms with Crippen LogP contribution in [0.1, 0.15) is 49.4 Å². The summed E-state index contributed by atoms with van der Waals surface area (Å²) in [7, 11) is 0. The number of hydrogen-bond donors (Lipinski definition) is 0. The fourth-order valence-corrected chi connectivity index (χ4v) is 3.60. The molecule has 27 heavy (non-hydrogen) atoms. The van der Waals surface area contributed by atoms with Crippen LogP contribution in [-0.4, -0.2) is 11.3 Å². The number of halogens is 3. The number of benzene rings is 2. The molecule has 142 valence electrons. The van der Waals surface area contributed by atoms with E-state index in [0.717, 1.165) is 17.2 Å². The number of carbonyl (C=O) groups excluding carboxylic acids is 1. The van der Waals surface area contributed by atoms with E-state index in [4.69, 9.17) is 0 Å². The van der Waals surface area contributed by atoms with Crippen LogP contribution in [0.5, 0.6) is 0 Å². The highest BCUT2D eigenvalue weighted by atomic mass is 32.2. The quantitative estimate of drug-likeness (QED) is 0.358. The third-order valence-electron chi connectivity index (χ3n) is 4.16. The van der Waals surface area contributed by atoms with Gasteiger partial charge in [0, 0.05) is 22.5 Å². The second kappa shape index (κ2) is 9.61. The zero-order valence-electron chi connectivity index (χ0n) is 15.0. The van der Waals surface area contributed by atoms with Crippen molar-refractivity contribution in [1.82, 2.24) is 0 Å². The topological polar surface area (TPSA) is 40.9 Å². The van der Waals surface area contributed by atoms with Crippen molar-refractivity contribution < 1.29 is 18.0 Å². The molecule has 0 spiro atoms. The summed E-state index contributed by atoms with van der Waals surface area (Å²) >= 11 is -0.269. The molecule has 0 bridgehead atoms. The third kappa shape index (κ3) is 6.14. The van der Waals surface area contributed by atoms with E-state index in [1.165, 1.54) is 0 Å². The average Bonchev–Trinajstić information content (AvgIpc) is 2.64. The van der Waals surface area contributed by atoms with Crippen LogP contribution in [0.3, 0.4) is 0 Å². The maximum absolute atomic E-state index is 12.9. The largest absolute Gasteiger partial charge is 0.446 e. The van der Waals surface area contributed by atoms with Crippen molar-refractivity contribution in [2.24, 2.45) is 0 Å². The van der Waals surface area contributed by atoms with Gasteiger partial charge >= 0.3 is 5.51 Å². The van der Waals surface area contributed by atoms with Crippen molar-refractivity contribution in [3.05, 3.63) is 58.5 Å². The Balaban J connectivity index is 2.24. The normalized spacial score (nSPS) is 12.6. The van der Waals surface area contributed by atoms with Gasteiger partial charge < -0.3 is 0 Å². The highest BCUT2D eigenvalue weighted by molar-refractivity contribution is 8.03. The molecule has 0 saturated carbocycles. The van der Waals surface area contributed by atoms with Crippen LogP contribution in [0, 0.1) is 11.3 Å². The Hall–Kier alpha value is -2.26. The van der Waals surface area contributed by atoms with E-state index < -0.39 is 5.51 Å². The summed E-state index contributed by atoms with van der Waals surface area (Å²) in [5.41, 5.74) is -3.85. The summed E-state index contributed by atoms with van der Waals surface area (Å²) in [6, 6.07) is 14.6. The molecule has 0 radical (unpaired) electrons. The molecule has 0 fully saturated rings. The average molecular weight is 391 g/mol. The van der Waals surface area contributed by atoms with Crippen molar-refractivity contribution in [1.29, 1.82) is 5.26 Å². The van der Waals surface area contributed by atoms with Crippen LogP contribution in [0.2, 0.25) is 0 Å². The van der Waals surface area contributed by atoms with E-state index in [1.54, 1.807) is 12.1 Å². The van der Waals surface area contributed by atoms with Gasteiger partial charge in [-0.3, -0.25) is 4.79 Å². The molecule has 0 aliphatic carbocycles. The molecular weight excluding hydrogens is 371 g/mol. The molecule has 0 unspecified atom stereocenters. The number of nitrogens with zero attached hydrogens (tertiary/aromatic N) is 1. The smallest absolute Gasteiger partial charge is 0.294 e. The maximum atomic E-state index is 12.9. The molecule has 0 aromatic heterocycles. The molecule has 0 atom stereocenters. The standard InChI is InChI=1S/C21H20F3NOS/c1-2-3-7-16(14-25)20(27-21(22,23)24)13-12-19(26)18-11-6-9-15-8-4-5-10-17(15)18/h4-6,8-11H,2-3,7,12-13H2,1H3/b20-16+. The molecule has 0 saturated heterocycles. The van der Waals surface area contributed by atoms with E-state index in [1.807, 2.05) is 43.3 Å². The maximum Gasteiger partial charge on any atom is 0.446 e. The lowest BCUT2D eigenvalue weighted by atomic mass is 9.98. The van der Waals surface area contributed by atoms with Crippen molar-refractivity contribution in [3.63, 3.8) is 0 Å². The van der Waals surface area contributed by atoms with Crippen molar-refractivity contribution >= 4 is 28.3 Å². The lowest BCUT2D eigenvalue weighted by Gasteiger charge is -2.13. The number of hydrogen-bond acceptors (Lipinski definition) is 3. The van der Waals surface area contributed by atoms with Gasteiger partial charge in [-0.05, 0) is 41.8 Å². The Morgan fingerprint density at radius 2 is 1.78 bits per heavy atom. The molecule has 0 aliphatic rings. The van der Waals surface area contributed by atoms with Gasteiger partial charge in [-0.2, -0.15) is 18.4 Å².